The third-order valence-electron chi connectivity index (χ3n) is 3.75. The molecule has 1 N–H and O–H groups in total. The van der Waals surface area contributed by atoms with E-state index in [9.17, 15) is 4.79 Å². The van der Waals surface area contributed by atoms with E-state index in [0.717, 1.165) is 31.7 Å². The van der Waals surface area contributed by atoms with E-state index in [2.05, 4.69) is 5.32 Å². The van der Waals surface area contributed by atoms with E-state index in [4.69, 9.17) is 4.74 Å². The summed E-state index contributed by atoms with van der Waals surface area (Å²) >= 11 is 0. The molecular formula is C16H25ClN2O2. The number of aryl methyl sites for hydroxylation is 1. The zero-order chi connectivity index (χ0) is 14.4. The van der Waals surface area contributed by atoms with E-state index in [-0.39, 0.29) is 24.2 Å². The molecule has 1 saturated heterocycles. The van der Waals surface area contributed by atoms with E-state index >= 15 is 0 Å². The van der Waals surface area contributed by atoms with Crippen LogP contribution in [0.5, 0.6) is 5.75 Å². The molecule has 1 heterocycles. The molecule has 5 heteroatoms. The van der Waals surface area contributed by atoms with Crippen molar-refractivity contribution in [3.05, 3.63) is 29.8 Å². The summed E-state index contributed by atoms with van der Waals surface area (Å²) in [6, 6.07) is 7.98. The summed E-state index contributed by atoms with van der Waals surface area (Å²) in [6.07, 6.45) is 1.89. The van der Waals surface area contributed by atoms with Crippen molar-refractivity contribution < 1.29 is 9.53 Å². The van der Waals surface area contributed by atoms with Crippen LogP contribution in [0.2, 0.25) is 0 Å². The molecule has 0 unspecified atom stereocenters. The molecular weight excluding hydrogens is 288 g/mol. The highest BCUT2D eigenvalue weighted by Gasteiger charge is 2.23. The monoisotopic (exact) mass is 312 g/mol. The zero-order valence-corrected chi connectivity index (χ0v) is 13.6. The first-order valence-corrected chi connectivity index (χ1v) is 7.32. The van der Waals surface area contributed by atoms with Crippen LogP contribution in [0.4, 0.5) is 0 Å². The Bertz CT molecular complexity index is 448. The van der Waals surface area contributed by atoms with Crippen LogP contribution in [0, 0.1) is 12.8 Å². The Morgan fingerprint density at radius 1 is 1.38 bits per heavy atom. The minimum atomic E-state index is 0. The summed E-state index contributed by atoms with van der Waals surface area (Å²) in [5, 5.41) is 3.28. The molecule has 0 aromatic heterocycles. The lowest BCUT2D eigenvalue weighted by Crippen LogP contribution is -2.40. The van der Waals surface area contributed by atoms with E-state index < -0.39 is 0 Å². The number of ether oxygens (including phenoxy) is 1. The van der Waals surface area contributed by atoms with Crippen molar-refractivity contribution in [3.63, 3.8) is 0 Å². The number of amides is 1. The molecule has 0 bridgehead atoms. The number of piperidine rings is 1. The van der Waals surface area contributed by atoms with Gasteiger partial charge in [0.05, 0.1) is 6.54 Å². The smallest absolute Gasteiger partial charge is 0.225 e. The van der Waals surface area contributed by atoms with Gasteiger partial charge >= 0.3 is 0 Å². The molecule has 1 amide bonds. The van der Waals surface area contributed by atoms with Crippen molar-refractivity contribution in [1.29, 1.82) is 0 Å². The third kappa shape index (κ3) is 5.56. The van der Waals surface area contributed by atoms with Gasteiger partial charge in [0.1, 0.15) is 12.4 Å². The molecule has 2 rings (SSSR count). The lowest BCUT2D eigenvalue weighted by Gasteiger charge is -2.26. The maximum absolute atomic E-state index is 12.2. The Labute approximate surface area is 133 Å². The van der Waals surface area contributed by atoms with Gasteiger partial charge in [0, 0.05) is 13.0 Å². The summed E-state index contributed by atoms with van der Waals surface area (Å²) < 4.78 is 5.69. The first-order chi connectivity index (χ1) is 9.66. The SMILES string of the molecule is Cc1cccc(OCCN(C)C(=O)C2CCNCC2)c1.Cl. The van der Waals surface area contributed by atoms with Gasteiger partial charge in [0.2, 0.25) is 5.91 Å². The molecule has 1 aliphatic heterocycles. The fraction of sp³-hybridized carbons (Fsp3) is 0.562. The van der Waals surface area contributed by atoms with Crippen molar-refractivity contribution >= 4 is 18.3 Å². The number of nitrogens with one attached hydrogen (secondary N) is 1. The lowest BCUT2D eigenvalue weighted by molar-refractivity contribution is -0.135. The molecule has 21 heavy (non-hydrogen) atoms. The molecule has 0 saturated carbocycles. The van der Waals surface area contributed by atoms with Crippen LogP contribution in [0.15, 0.2) is 24.3 Å². The van der Waals surface area contributed by atoms with Gasteiger partial charge in [-0.05, 0) is 50.6 Å². The number of nitrogens with zero attached hydrogens (tertiary/aromatic N) is 1. The minimum absolute atomic E-state index is 0. The molecule has 0 atom stereocenters. The Hall–Kier alpha value is -1.26. The van der Waals surface area contributed by atoms with Gasteiger partial charge in [-0.3, -0.25) is 4.79 Å². The van der Waals surface area contributed by atoms with Crippen LogP contribution in [0.3, 0.4) is 0 Å². The fourth-order valence-corrected chi connectivity index (χ4v) is 2.50. The maximum Gasteiger partial charge on any atom is 0.225 e. The Morgan fingerprint density at radius 3 is 2.76 bits per heavy atom. The van der Waals surface area contributed by atoms with Crippen LogP contribution in [0.1, 0.15) is 18.4 Å². The summed E-state index contributed by atoms with van der Waals surface area (Å²) in [7, 11) is 1.87. The summed E-state index contributed by atoms with van der Waals surface area (Å²) in [5.41, 5.74) is 1.18. The van der Waals surface area contributed by atoms with E-state index in [0.29, 0.717) is 13.2 Å². The number of carbonyl (C=O) groups excluding carboxylic acids is 1. The number of likely N-dealkylation sites (N-methyl/N-ethyl adjacent to an activating group) is 1. The topological polar surface area (TPSA) is 41.6 Å². The molecule has 118 valence electrons. The number of hydrogen-bond donors (Lipinski definition) is 1. The van der Waals surface area contributed by atoms with E-state index in [1.807, 2.05) is 38.2 Å². The molecule has 4 nitrogen and oxygen atoms in total. The fourth-order valence-electron chi connectivity index (χ4n) is 2.50. The predicted molar refractivity (Wildman–Crippen MR) is 87.2 cm³/mol. The van der Waals surface area contributed by atoms with E-state index in [1.54, 1.807) is 4.90 Å². The average molecular weight is 313 g/mol. The van der Waals surface area contributed by atoms with Crippen LogP contribution in [-0.2, 0) is 4.79 Å². The van der Waals surface area contributed by atoms with Gasteiger partial charge < -0.3 is 15.0 Å². The summed E-state index contributed by atoms with van der Waals surface area (Å²) in [6.45, 7) is 5.11. The second-order valence-electron chi connectivity index (χ2n) is 5.45. The minimum Gasteiger partial charge on any atom is -0.492 e. The average Bonchev–Trinajstić information content (AvgIpc) is 2.47. The quantitative estimate of drug-likeness (QED) is 0.907. The summed E-state index contributed by atoms with van der Waals surface area (Å²) in [5.74, 6) is 1.30. The maximum atomic E-state index is 12.2. The van der Waals surface area contributed by atoms with Gasteiger partial charge in [-0.2, -0.15) is 0 Å². The molecule has 1 aromatic rings. The van der Waals surface area contributed by atoms with E-state index in [1.165, 1.54) is 5.56 Å². The first kappa shape index (κ1) is 17.8. The van der Waals surface area contributed by atoms with Crippen LogP contribution in [-0.4, -0.2) is 44.1 Å². The molecule has 0 aliphatic carbocycles. The van der Waals surface area contributed by atoms with Crippen molar-refractivity contribution in [1.82, 2.24) is 10.2 Å². The highest BCUT2D eigenvalue weighted by Crippen LogP contribution is 2.15. The highest BCUT2D eigenvalue weighted by atomic mass is 35.5. The van der Waals surface area contributed by atoms with Crippen LogP contribution < -0.4 is 10.1 Å². The Kier molecular flexibility index (Phi) is 7.54. The molecule has 0 spiro atoms. The molecule has 1 aromatic carbocycles. The second-order valence-corrected chi connectivity index (χ2v) is 5.45. The second kappa shape index (κ2) is 8.90. The Morgan fingerprint density at radius 2 is 2.10 bits per heavy atom. The largest absolute Gasteiger partial charge is 0.492 e. The first-order valence-electron chi connectivity index (χ1n) is 7.32. The normalized spacial score (nSPS) is 15.1. The van der Waals surface area contributed by atoms with Crippen molar-refractivity contribution in [2.24, 2.45) is 5.92 Å². The molecule has 1 fully saturated rings. The predicted octanol–water partition coefficient (Wildman–Crippen LogP) is 2.25. The number of hydrogen-bond acceptors (Lipinski definition) is 3. The standard InChI is InChI=1S/C16H24N2O2.ClH/c1-13-4-3-5-15(12-13)20-11-10-18(2)16(19)14-6-8-17-9-7-14;/h3-5,12,14,17H,6-11H2,1-2H3;1H. The zero-order valence-electron chi connectivity index (χ0n) is 12.8. The van der Waals surface area contributed by atoms with Gasteiger partial charge in [0.25, 0.3) is 0 Å². The number of halogens is 1. The Balaban J connectivity index is 0.00000220. The molecule has 0 radical (unpaired) electrons. The van der Waals surface area contributed by atoms with Gasteiger partial charge in [-0.15, -0.1) is 12.4 Å². The van der Waals surface area contributed by atoms with Gasteiger partial charge in [0.15, 0.2) is 0 Å². The highest BCUT2D eigenvalue weighted by molar-refractivity contribution is 5.85. The van der Waals surface area contributed by atoms with Gasteiger partial charge in [-0.25, -0.2) is 0 Å². The van der Waals surface area contributed by atoms with Crippen molar-refractivity contribution in [3.8, 4) is 5.75 Å². The third-order valence-corrected chi connectivity index (χ3v) is 3.75. The lowest BCUT2D eigenvalue weighted by atomic mass is 9.97. The van der Waals surface area contributed by atoms with Crippen LogP contribution in [0.25, 0.3) is 0 Å². The van der Waals surface area contributed by atoms with Gasteiger partial charge in [-0.1, -0.05) is 12.1 Å². The van der Waals surface area contributed by atoms with Crippen molar-refractivity contribution in [2.75, 3.05) is 33.3 Å². The summed E-state index contributed by atoms with van der Waals surface area (Å²) in [4.78, 5) is 14.0. The number of carbonyl (C=O) groups is 1. The number of rotatable bonds is 5. The van der Waals surface area contributed by atoms with Crippen LogP contribution >= 0.6 is 12.4 Å². The van der Waals surface area contributed by atoms with Crippen molar-refractivity contribution in [2.45, 2.75) is 19.8 Å². The molecule has 1 aliphatic rings. The number of benzene rings is 1.